The van der Waals surface area contributed by atoms with Crippen LogP contribution < -0.4 is 14.9 Å². The summed E-state index contributed by atoms with van der Waals surface area (Å²) < 4.78 is 1.63. The van der Waals surface area contributed by atoms with Crippen LogP contribution in [0.25, 0.3) is 10.8 Å². The molecule has 0 spiro atoms. The normalized spacial score (nSPS) is 13.1. The molecule has 0 saturated carbocycles. The number of benzene rings is 4. The fraction of sp³-hybridized carbons (Fsp3) is 0.194. The van der Waals surface area contributed by atoms with Crippen LogP contribution in [-0.2, 0) is 11.3 Å². The lowest BCUT2D eigenvalue weighted by Crippen LogP contribution is -2.46. The maximum absolute atomic E-state index is 13.4. The molecule has 0 aromatic heterocycles. The van der Waals surface area contributed by atoms with Gasteiger partial charge in [-0.3, -0.25) is 14.4 Å². The second kappa shape index (κ2) is 13.5. The Morgan fingerprint density at radius 2 is 1.60 bits per heavy atom. The number of amides is 2. The van der Waals surface area contributed by atoms with E-state index in [9.17, 15) is 19.5 Å². The Morgan fingerprint density at radius 3 is 2.33 bits per heavy atom. The van der Waals surface area contributed by atoms with Crippen LogP contribution in [-0.4, -0.2) is 60.5 Å². The summed E-state index contributed by atoms with van der Waals surface area (Å²) in [5, 5.41) is 18.1. The van der Waals surface area contributed by atoms with E-state index in [-0.39, 0.29) is 24.9 Å². The SMILES string of the molecule is O=C(O)CN(Sc1cc(Cl)cc(Cl)c1)c1cccc2c(C(=O)NCc3cccc(C(=O)N4CCNCC4)c3)cccc12. The minimum Gasteiger partial charge on any atom is -0.480 e. The highest BCUT2D eigenvalue weighted by molar-refractivity contribution is 8.00. The molecule has 1 aliphatic heterocycles. The lowest BCUT2D eigenvalue weighted by Gasteiger charge is -2.27. The standard InChI is InChI=1S/C31H28Cl2N4O4S/c32-22-15-23(33)17-24(16-22)42-37(19-29(38)39)28-9-3-6-25-26(28)7-2-8-27(25)30(40)35-18-20-4-1-5-21(14-20)31(41)36-12-10-34-11-13-36/h1-9,14-17,34H,10-13,18-19H2,(H,35,40)(H,38,39). The summed E-state index contributed by atoms with van der Waals surface area (Å²) in [6.45, 7) is 2.82. The highest BCUT2D eigenvalue weighted by atomic mass is 35.5. The highest BCUT2D eigenvalue weighted by Crippen LogP contribution is 2.37. The summed E-state index contributed by atoms with van der Waals surface area (Å²) in [5.41, 5.74) is 2.49. The molecule has 216 valence electrons. The molecule has 1 aliphatic rings. The second-order valence-corrected chi connectivity index (χ2v) is 11.7. The zero-order chi connectivity index (χ0) is 29.6. The Kier molecular flexibility index (Phi) is 9.54. The Labute approximate surface area is 257 Å². The number of nitrogens with one attached hydrogen (secondary N) is 2. The van der Waals surface area contributed by atoms with Crippen molar-refractivity contribution in [2.45, 2.75) is 11.4 Å². The van der Waals surface area contributed by atoms with Crippen molar-refractivity contribution in [2.75, 3.05) is 37.0 Å². The number of hydrogen-bond acceptors (Lipinski definition) is 6. The Bertz CT molecular complexity index is 1620. The number of piperazine rings is 1. The summed E-state index contributed by atoms with van der Waals surface area (Å²) in [5.74, 6) is -1.31. The van der Waals surface area contributed by atoms with E-state index in [2.05, 4.69) is 10.6 Å². The zero-order valence-electron chi connectivity index (χ0n) is 22.5. The van der Waals surface area contributed by atoms with Crippen molar-refractivity contribution in [3.63, 3.8) is 0 Å². The molecule has 3 N–H and O–H groups in total. The first-order chi connectivity index (χ1) is 20.3. The molecule has 0 radical (unpaired) electrons. The number of carbonyl (C=O) groups is 3. The molecule has 4 aromatic rings. The van der Waals surface area contributed by atoms with Gasteiger partial charge in [-0.05, 0) is 65.4 Å². The van der Waals surface area contributed by atoms with Crippen LogP contribution in [0.3, 0.4) is 0 Å². The van der Waals surface area contributed by atoms with Gasteiger partial charge in [0.15, 0.2) is 0 Å². The van der Waals surface area contributed by atoms with E-state index in [1.807, 2.05) is 41.3 Å². The summed E-state index contributed by atoms with van der Waals surface area (Å²) >= 11 is 13.5. The van der Waals surface area contributed by atoms with Gasteiger partial charge in [-0.25, -0.2) is 0 Å². The summed E-state index contributed by atoms with van der Waals surface area (Å²) in [6.07, 6.45) is 0. The van der Waals surface area contributed by atoms with Crippen LogP contribution in [0.5, 0.6) is 0 Å². The molecule has 0 atom stereocenters. The van der Waals surface area contributed by atoms with Gasteiger partial charge >= 0.3 is 5.97 Å². The van der Waals surface area contributed by atoms with Crippen LogP contribution in [0, 0.1) is 0 Å². The van der Waals surface area contributed by atoms with E-state index in [0.29, 0.717) is 50.2 Å². The number of anilines is 1. The van der Waals surface area contributed by atoms with Gasteiger partial charge in [0.25, 0.3) is 11.8 Å². The minimum absolute atomic E-state index is 0.0184. The molecule has 42 heavy (non-hydrogen) atoms. The number of nitrogens with zero attached hydrogens (tertiary/aromatic N) is 2. The van der Waals surface area contributed by atoms with Crippen molar-refractivity contribution in [1.29, 1.82) is 0 Å². The van der Waals surface area contributed by atoms with Crippen molar-refractivity contribution in [3.05, 3.63) is 106 Å². The summed E-state index contributed by atoms with van der Waals surface area (Å²) in [4.78, 5) is 40.6. The Morgan fingerprint density at radius 1 is 0.905 bits per heavy atom. The fourth-order valence-electron chi connectivity index (χ4n) is 4.85. The number of aliphatic carboxylic acids is 1. The van der Waals surface area contributed by atoms with Gasteiger partial charge in [0, 0.05) is 64.2 Å². The molecule has 1 saturated heterocycles. The van der Waals surface area contributed by atoms with E-state index >= 15 is 0 Å². The number of fused-ring (bicyclic) bond motifs is 1. The van der Waals surface area contributed by atoms with E-state index < -0.39 is 5.97 Å². The average molecular weight is 624 g/mol. The maximum Gasteiger partial charge on any atom is 0.324 e. The number of rotatable bonds is 9. The van der Waals surface area contributed by atoms with Gasteiger partial charge < -0.3 is 24.9 Å². The van der Waals surface area contributed by atoms with Crippen LogP contribution >= 0.6 is 35.1 Å². The van der Waals surface area contributed by atoms with Crippen LogP contribution in [0.1, 0.15) is 26.3 Å². The van der Waals surface area contributed by atoms with Crippen LogP contribution in [0.2, 0.25) is 10.0 Å². The first kappa shape index (κ1) is 29.7. The molecule has 0 bridgehead atoms. The van der Waals surface area contributed by atoms with Crippen molar-refractivity contribution in [3.8, 4) is 0 Å². The predicted octanol–water partition coefficient (Wildman–Crippen LogP) is 5.72. The Hall–Kier alpha value is -3.76. The number of carbonyl (C=O) groups excluding carboxylic acids is 2. The van der Waals surface area contributed by atoms with E-state index in [4.69, 9.17) is 23.2 Å². The average Bonchev–Trinajstić information content (AvgIpc) is 2.98. The topological polar surface area (TPSA) is 102 Å². The first-order valence-electron chi connectivity index (χ1n) is 13.3. The minimum atomic E-state index is -1.01. The van der Waals surface area contributed by atoms with E-state index in [1.165, 1.54) is 11.9 Å². The quantitative estimate of drug-likeness (QED) is 0.205. The van der Waals surface area contributed by atoms with E-state index in [1.54, 1.807) is 46.8 Å². The number of carboxylic acid groups (broad SMARTS) is 1. The third kappa shape index (κ3) is 7.17. The smallest absolute Gasteiger partial charge is 0.324 e. The molecule has 2 amide bonds. The molecule has 11 heteroatoms. The monoisotopic (exact) mass is 622 g/mol. The Balaban J connectivity index is 1.37. The molecule has 5 rings (SSSR count). The summed E-state index contributed by atoms with van der Waals surface area (Å²) in [7, 11) is 0. The third-order valence-corrected chi connectivity index (χ3v) is 8.20. The molecule has 1 fully saturated rings. The number of carboxylic acids is 1. The van der Waals surface area contributed by atoms with Crippen molar-refractivity contribution in [1.82, 2.24) is 15.5 Å². The largest absolute Gasteiger partial charge is 0.480 e. The van der Waals surface area contributed by atoms with Crippen LogP contribution in [0.4, 0.5) is 5.69 Å². The molecule has 8 nitrogen and oxygen atoms in total. The van der Waals surface area contributed by atoms with Gasteiger partial charge in [0.2, 0.25) is 0 Å². The molecular weight excluding hydrogens is 595 g/mol. The molecule has 0 unspecified atom stereocenters. The second-order valence-electron chi connectivity index (χ2n) is 9.73. The van der Waals surface area contributed by atoms with Gasteiger partial charge in [0.05, 0.1) is 5.69 Å². The predicted molar refractivity (Wildman–Crippen MR) is 168 cm³/mol. The maximum atomic E-state index is 13.4. The van der Waals surface area contributed by atoms with E-state index in [0.717, 1.165) is 24.0 Å². The van der Waals surface area contributed by atoms with Gasteiger partial charge in [-0.15, -0.1) is 0 Å². The van der Waals surface area contributed by atoms with Crippen molar-refractivity contribution >= 4 is 69.4 Å². The third-order valence-electron chi connectivity index (χ3n) is 6.77. The molecule has 1 heterocycles. The fourth-order valence-corrected chi connectivity index (χ4v) is 6.55. The highest BCUT2D eigenvalue weighted by Gasteiger charge is 2.20. The van der Waals surface area contributed by atoms with Crippen molar-refractivity contribution < 1.29 is 19.5 Å². The number of hydrogen-bond donors (Lipinski definition) is 3. The van der Waals surface area contributed by atoms with Gasteiger partial charge in [-0.2, -0.15) is 0 Å². The van der Waals surface area contributed by atoms with Gasteiger partial charge in [0.1, 0.15) is 6.54 Å². The molecular formula is C31H28Cl2N4O4S. The lowest BCUT2D eigenvalue weighted by molar-refractivity contribution is -0.135. The zero-order valence-corrected chi connectivity index (χ0v) is 24.8. The van der Waals surface area contributed by atoms with Gasteiger partial charge in [-0.1, -0.05) is 59.6 Å². The molecule has 4 aromatic carbocycles. The molecule has 0 aliphatic carbocycles. The summed E-state index contributed by atoms with van der Waals surface area (Å²) in [6, 6.07) is 23.1. The lowest BCUT2D eigenvalue weighted by atomic mass is 10.0. The van der Waals surface area contributed by atoms with Crippen molar-refractivity contribution in [2.24, 2.45) is 0 Å². The van der Waals surface area contributed by atoms with Crippen LogP contribution in [0.15, 0.2) is 83.8 Å². The first-order valence-corrected chi connectivity index (χ1v) is 14.8. The number of halogens is 2.